The van der Waals surface area contributed by atoms with Gasteiger partial charge in [-0.15, -0.1) is 5.53 Å². The molecule has 4 aromatic rings. The fraction of sp³-hybridized carbons (Fsp3) is 0.125. The number of hydrazine groups is 2. The molecule has 0 radical (unpaired) electrons. The molecule has 0 unspecified atom stereocenters. The standard InChI is InChI=1S/C16H15N9/c1-23-10-12(6-19-23)13-7-18-15-16(20-13)25(22-21-15)9-11-2-3-14-17-4-5-24(14)8-11/h2-8,10,22H,9H2,1H3,(H,18,21). The highest BCUT2D eigenvalue weighted by Crippen LogP contribution is 2.28. The monoisotopic (exact) mass is 333 g/mol. The molecule has 0 saturated carbocycles. The summed E-state index contributed by atoms with van der Waals surface area (Å²) in [5.74, 6) is 1.46. The maximum absolute atomic E-state index is 4.73. The second kappa shape index (κ2) is 5.28. The molecule has 9 heteroatoms. The Morgan fingerprint density at radius 3 is 2.96 bits per heavy atom. The smallest absolute Gasteiger partial charge is 0.190 e. The molecule has 124 valence electrons. The molecule has 0 amide bonds. The van der Waals surface area contributed by atoms with Gasteiger partial charge in [0.15, 0.2) is 11.6 Å². The maximum atomic E-state index is 4.73. The largest absolute Gasteiger partial charge is 0.307 e. The van der Waals surface area contributed by atoms with Gasteiger partial charge in [-0.05, 0) is 11.6 Å². The number of aromatic nitrogens is 6. The van der Waals surface area contributed by atoms with Gasteiger partial charge in [0.05, 0.1) is 24.6 Å². The van der Waals surface area contributed by atoms with Crippen molar-refractivity contribution in [3.63, 3.8) is 0 Å². The van der Waals surface area contributed by atoms with Gasteiger partial charge >= 0.3 is 0 Å². The third kappa shape index (κ3) is 2.37. The quantitative estimate of drug-likeness (QED) is 0.585. The second-order valence-corrected chi connectivity index (χ2v) is 5.88. The Labute approximate surface area is 142 Å². The van der Waals surface area contributed by atoms with Crippen molar-refractivity contribution in [1.29, 1.82) is 0 Å². The molecule has 0 fully saturated rings. The average molecular weight is 333 g/mol. The Hall–Kier alpha value is -3.46. The van der Waals surface area contributed by atoms with E-state index in [1.54, 1.807) is 23.3 Å². The highest BCUT2D eigenvalue weighted by Gasteiger charge is 2.23. The van der Waals surface area contributed by atoms with E-state index in [0.29, 0.717) is 12.4 Å². The van der Waals surface area contributed by atoms with Crippen LogP contribution in [0.3, 0.4) is 0 Å². The van der Waals surface area contributed by atoms with Gasteiger partial charge in [0, 0.05) is 37.4 Å². The lowest BCUT2D eigenvalue weighted by atomic mass is 10.2. The van der Waals surface area contributed by atoms with Crippen molar-refractivity contribution in [2.24, 2.45) is 7.05 Å². The molecule has 5 rings (SSSR count). The SMILES string of the molecule is Cn1cc(-c2cnc3c(n2)N(Cc2ccc4nccn4c2)NN3)cn1. The van der Waals surface area contributed by atoms with Gasteiger partial charge in [-0.25, -0.2) is 15.0 Å². The Kier molecular flexibility index (Phi) is 2.94. The summed E-state index contributed by atoms with van der Waals surface area (Å²) in [4.78, 5) is 13.4. The summed E-state index contributed by atoms with van der Waals surface area (Å²) in [7, 11) is 1.88. The highest BCUT2D eigenvalue weighted by atomic mass is 15.7. The van der Waals surface area contributed by atoms with Gasteiger partial charge in [0.2, 0.25) is 0 Å². The number of hydrogen-bond acceptors (Lipinski definition) is 7. The molecule has 0 atom stereocenters. The predicted octanol–water partition coefficient (Wildman–Crippen LogP) is 1.38. The molecule has 9 nitrogen and oxygen atoms in total. The fourth-order valence-corrected chi connectivity index (χ4v) is 2.88. The molecule has 4 aromatic heterocycles. The van der Waals surface area contributed by atoms with Crippen LogP contribution in [0.2, 0.25) is 0 Å². The summed E-state index contributed by atoms with van der Waals surface area (Å²) in [6.07, 6.45) is 11.2. The molecular formula is C16H15N9. The second-order valence-electron chi connectivity index (χ2n) is 5.88. The Morgan fingerprint density at radius 2 is 2.08 bits per heavy atom. The van der Waals surface area contributed by atoms with Gasteiger partial charge in [-0.2, -0.15) is 5.10 Å². The zero-order valence-corrected chi connectivity index (χ0v) is 13.5. The number of rotatable bonds is 3. The van der Waals surface area contributed by atoms with Crippen LogP contribution in [0, 0.1) is 0 Å². The lowest BCUT2D eigenvalue weighted by Gasteiger charge is -2.17. The minimum absolute atomic E-state index is 0.638. The van der Waals surface area contributed by atoms with E-state index in [-0.39, 0.29) is 0 Å². The van der Waals surface area contributed by atoms with Crippen molar-refractivity contribution in [2.45, 2.75) is 6.54 Å². The van der Waals surface area contributed by atoms with Crippen LogP contribution in [0.5, 0.6) is 0 Å². The molecule has 0 spiro atoms. The van der Waals surface area contributed by atoms with Crippen molar-refractivity contribution in [3.8, 4) is 11.3 Å². The Bertz CT molecular complexity index is 1060. The molecule has 0 saturated heterocycles. The molecule has 0 aliphatic carbocycles. The van der Waals surface area contributed by atoms with Crippen molar-refractivity contribution in [2.75, 3.05) is 10.4 Å². The van der Waals surface area contributed by atoms with E-state index >= 15 is 0 Å². The van der Waals surface area contributed by atoms with E-state index < -0.39 is 0 Å². The van der Waals surface area contributed by atoms with E-state index in [9.17, 15) is 0 Å². The number of nitrogens with one attached hydrogen (secondary N) is 2. The molecule has 0 aromatic carbocycles. The van der Waals surface area contributed by atoms with Crippen molar-refractivity contribution >= 4 is 17.3 Å². The zero-order valence-electron chi connectivity index (χ0n) is 13.5. The summed E-state index contributed by atoms with van der Waals surface area (Å²) in [6, 6.07) is 4.05. The number of pyridine rings is 1. The van der Waals surface area contributed by atoms with Crippen molar-refractivity contribution in [1.82, 2.24) is 34.7 Å². The number of hydrogen-bond donors (Lipinski definition) is 2. The van der Waals surface area contributed by atoms with Gasteiger partial charge in [0.1, 0.15) is 5.65 Å². The lowest BCUT2D eigenvalue weighted by Crippen LogP contribution is -2.35. The van der Waals surface area contributed by atoms with Crippen LogP contribution >= 0.6 is 0 Å². The summed E-state index contributed by atoms with van der Waals surface area (Å²) in [5, 5.41) is 6.12. The van der Waals surface area contributed by atoms with Crippen LogP contribution < -0.4 is 16.0 Å². The number of fused-ring (bicyclic) bond motifs is 2. The molecule has 1 aliphatic heterocycles. The molecule has 1 aliphatic rings. The van der Waals surface area contributed by atoms with E-state index in [0.717, 1.165) is 28.3 Å². The maximum Gasteiger partial charge on any atom is 0.190 e. The van der Waals surface area contributed by atoms with Crippen molar-refractivity contribution in [3.05, 3.63) is 54.9 Å². The molecule has 5 heterocycles. The van der Waals surface area contributed by atoms with E-state index in [2.05, 4.69) is 38.3 Å². The molecule has 0 bridgehead atoms. The van der Waals surface area contributed by atoms with Crippen LogP contribution in [0.15, 0.2) is 49.3 Å². The van der Waals surface area contributed by atoms with E-state index in [4.69, 9.17) is 4.98 Å². The summed E-state index contributed by atoms with van der Waals surface area (Å²) in [5.41, 5.74) is 9.93. The topological polar surface area (TPSA) is 88.2 Å². The first kappa shape index (κ1) is 13.9. The zero-order chi connectivity index (χ0) is 16.8. The first-order valence-corrected chi connectivity index (χ1v) is 7.83. The van der Waals surface area contributed by atoms with Gasteiger partial charge in [0.25, 0.3) is 0 Å². The van der Waals surface area contributed by atoms with Crippen LogP contribution in [0.4, 0.5) is 11.6 Å². The molecule has 25 heavy (non-hydrogen) atoms. The fourth-order valence-electron chi connectivity index (χ4n) is 2.88. The van der Waals surface area contributed by atoms with E-state index in [1.807, 2.05) is 34.9 Å². The lowest BCUT2D eigenvalue weighted by molar-refractivity contribution is 0.715. The minimum Gasteiger partial charge on any atom is -0.307 e. The van der Waals surface area contributed by atoms with Gasteiger partial charge in [-0.3, -0.25) is 15.1 Å². The first-order valence-electron chi connectivity index (χ1n) is 7.83. The van der Waals surface area contributed by atoms with Crippen LogP contribution in [0.25, 0.3) is 16.9 Å². The third-order valence-corrected chi connectivity index (χ3v) is 4.11. The number of aryl methyl sites for hydroxylation is 1. The normalized spacial score (nSPS) is 13.2. The summed E-state index contributed by atoms with van der Waals surface area (Å²) in [6.45, 7) is 0.638. The number of imidazole rings is 1. The average Bonchev–Trinajstić information content (AvgIpc) is 3.34. The summed E-state index contributed by atoms with van der Waals surface area (Å²) < 4.78 is 3.75. The van der Waals surface area contributed by atoms with Crippen LogP contribution in [-0.2, 0) is 13.6 Å². The Morgan fingerprint density at radius 1 is 1.12 bits per heavy atom. The van der Waals surface area contributed by atoms with Gasteiger partial charge < -0.3 is 4.40 Å². The van der Waals surface area contributed by atoms with Crippen molar-refractivity contribution < 1.29 is 0 Å². The Balaban J connectivity index is 1.47. The van der Waals surface area contributed by atoms with Gasteiger partial charge in [-0.1, -0.05) is 6.07 Å². The highest BCUT2D eigenvalue weighted by molar-refractivity contribution is 5.69. The summed E-state index contributed by atoms with van der Waals surface area (Å²) >= 11 is 0. The predicted molar refractivity (Wildman–Crippen MR) is 92.4 cm³/mol. The number of nitrogens with zero attached hydrogens (tertiary/aromatic N) is 7. The van der Waals surface area contributed by atoms with Crippen LogP contribution in [0.1, 0.15) is 5.56 Å². The number of anilines is 2. The third-order valence-electron chi connectivity index (χ3n) is 4.11. The first-order chi connectivity index (χ1) is 12.3. The molecule has 2 N–H and O–H groups in total. The van der Waals surface area contributed by atoms with Crippen LogP contribution in [-0.4, -0.2) is 29.1 Å². The molecular weight excluding hydrogens is 318 g/mol. The van der Waals surface area contributed by atoms with E-state index in [1.165, 1.54) is 0 Å². The minimum atomic E-state index is 0.638.